The lowest BCUT2D eigenvalue weighted by atomic mass is 10.1. The Bertz CT molecular complexity index is 800. The van der Waals surface area contributed by atoms with Crippen LogP contribution in [0.1, 0.15) is 37.0 Å². The smallest absolute Gasteiger partial charge is 0.475 e. The Morgan fingerprint density at radius 3 is 2.12 bits per heavy atom. The predicted molar refractivity (Wildman–Crippen MR) is 91.9 cm³/mol. The molecular weight excluding hydrogens is 369 g/mol. The summed E-state index contributed by atoms with van der Waals surface area (Å²) < 4.78 is 31.7. The number of hydrogen-bond acceptors (Lipinski definition) is 6. The number of nitrogens with zero attached hydrogens (tertiary/aromatic N) is 3. The molecule has 2 aromatic heterocycles. The Kier molecular flexibility index (Phi) is 7.09. The number of rotatable bonds is 1. The number of carbonyl (C=O) groups is 1. The minimum atomic E-state index is -5.08. The molecule has 0 aliphatic rings. The fourth-order valence-corrected chi connectivity index (χ4v) is 1.89. The van der Waals surface area contributed by atoms with E-state index in [2.05, 4.69) is 52.9 Å². The van der Waals surface area contributed by atoms with Crippen LogP contribution in [0, 0.1) is 18.8 Å². The van der Waals surface area contributed by atoms with Gasteiger partial charge < -0.3 is 10.4 Å². The lowest BCUT2D eigenvalue weighted by molar-refractivity contribution is -0.192. The van der Waals surface area contributed by atoms with Crippen molar-refractivity contribution in [2.24, 2.45) is 0 Å². The molecule has 0 amide bonds. The fourth-order valence-electron chi connectivity index (χ4n) is 1.35. The van der Waals surface area contributed by atoms with Gasteiger partial charge in [-0.05, 0) is 33.6 Å². The van der Waals surface area contributed by atoms with Crippen LogP contribution in [-0.4, -0.2) is 37.7 Å². The number of aliphatic carboxylic acids is 1. The van der Waals surface area contributed by atoms with Crippen LogP contribution in [-0.2, 0) is 4.79 Å². The number of alkyl halides is 3. The fraction of sp³-hybridized carbons (Fsp3) is 0.375. The molecule has 2 N–H and O–H groups in total. The van der Waals surface area contributed by atoms with E-state index in [9.17, 15) is 13.2 Å². The summed E-state index contributed by atoms with van der Waals surface area (Å²) >= 11 is 1.59. The number of aromatic nitrogens is 3. The molecule has 0 aliphatic heterocycles. The summed E-state index contributed by atoms with van der Waals surface area (Å²) in [6.07, 6.45) is -1.65. The largest absolute Gasteiger partial charge is 0.490 e. The maximum absolute atomic E-state index is 10.6. The molecule has 2 rings (SSSR count). The molecule has 0 bridgehead atoms. The van der Waals surface area contributed by atoms with Crippen LogP contribution in [0.3, 0.4) is 0 Å². The second-order valence-electron chi connectivity index (χ2n) is 5.98. The molecule has 0 radical (unpaired) electrons. The van der Waals surface area contributed by atoms with Crippen molar-refractivity contribution in [2.45, 2.75) is 39.4 Å². The van der Waals surface area contributed by atoms with Crippen molar-refractivity contribution in [1.82, 2.24) is 15.0 Å². The van der Waals surface area contributed by atoms with Crippen molar-refractivity contribution in [3.8, 4) is 11.8 Å². The highest BCUT2D eigenvalue weighted by atomic mass is 32.1. The van der Waals surface area contributed by atoms with Gasteiger partial charge in [-0.1, -0.05) is 5.92 Å². The zero-order valence-corrected chi connectivity index (χ0v) is 15.3. The molecule has 0 aliphatic carbocycles. The van der Waals surface area contributed by atoms with Gasteiger partial charge in [-0.25, -0.2) is 19.7 Å². The van der Waals surface area contributed by atoms with Gasteiger partial charge in [0, 0.05) is 23.3 Å². The van der Waals surface area contributed by atoms with Crippen molar-refractivity contribution >= 4 is 23.3 Å². The van der Waals surface area contributed by atoms with E-state index in [0.29, 0.717) is 5.95 Å². The van der Waals surface area contributed by atoms with Gasteiger partial charge in [0.05, 0.1) is 10.6 Å². The monoisotopic (exact) mass is 386 g/mol. The molecular formula is C16H17F3N4O2S. The van der Waals surface area contributed by atoms with E-state index >= 15 is 0 Å². The van der Waals surface area contributed by atoms with Crippen LogP contribution in [0.25, 0.3) is 0 Å². The Morgan fingerprint density at radius 2 is 1.73 bits per heavy atom. The van der Waals surface area contributed by atoms with Crippen molar-refractivity contribution in [1.29, 1.82) is 0 Å². The summed E-state index contributed by atoms with van der Waals surface area (Å²) in [6.45, 7) is 8.16. The third-order valence-electron chi connectivity index (χ3n) is 2.34. The van der Waals surface area contributed by atoms with Crippen molar-refractivity contribution in [3.05, 3.63) is 34.0 Å². The molecule has 0 aromatic carbocycles. The number of nitrogens with one attached hydrogen (secondary N) is 1. The van der Waals surface area contributed by atoms with Gasteiger partial charge in [0.15, 0.2) is 0 Å². The second kappa shape index (κ2) is 8.62. The van der Waals surface area contributed by atoms with Gasteiger partial charge in [-0.15, -0.1) is 11.3 Å². The summed E-state index contributed by atoms with van der Waals surface area (Å²) in [6, 6.07) is 0. The lowest BCUT2D eigenvalue weighted by Crippen LogP contribution is -2.27. The normalized spacial score (nSPS) is 10.9. The quantitative estimate of drug-likeness (QED) is 0.730. The number of hydrogen-bond donors (Lipinski definition) is 2. The summed E-state index contributed by atoms with van der Waals surface area (Å²) in [7, 11) is 0. The van der Waals surface area contributed by atoms with Crippen LogP contribution < -0.4 is 5.32 Å². The van der Waals surface area contributed by atoms with Crippen molar-refractivity contribution < 1.29 is 23.1 Å². The highest BCUT2D eigenvalue weighted by Gasteiger charge is 2.38. The van der Waals surface area contributed by atoms with E-state index in [-0.39, 0.29) is 5.54 Å². The first-order chi connectivity index (χ1) is 11.9. The molecule has 26 heavy (non-hydrogen) atoms. The summed E-state index contributed by atoms with van der Waals surface area (Å²) in [5.41, 5.74) is 1.52. The zero-order chi connectivity index (χ0) is 20.0. The van der Waals surface area contributed by atoms with E-state index in [1.807, 2.05) is 12.3 Å². The van der Waals surface area contributed by atoms with Crippen LogP contribution in [0.4, 0.5) is 19.1 Å². The molecule has 0 spiro atoms. The third kappa shape index (κ3) is 8.43. The predicted octanol–water partition coefficient (Wildman–Crippen LogP) is 3.49. The van der Waals surface area contributed by atoms with Crippen LogP contribution in [0.15, 0.2) is 17.8 Å². The molecule has 6 nitrogen and oxygen atoms in total. The second-order valence-corrected chi connectivity index (χ2v) is 7.04. The van der Waals surface area contributed by atoms with Gasteiger partial charge in [0.1, 0.15) is 5.69 Å². The van der Waals surface area contributed by atoms with Gasteiger partial charge in [0.25, 0.3) is 0 Å². The number of carboxylic acids is 1. The van der Waals surface area contributed by atoms with E-state index < -0.39 is 12.1 Å². The Labute approximate surface area is 152 Å². The maximum Gasteiger partial charge on any atom is 0.490 e. The molecule has 0 saturated carbocycles. The Morgan fingerprint density at radius 1 is 1.19 bits per heavy atom. The number of aryl methyl sites for hydroxylation is 1. The number of thiazole rings is 1. The first-order valence-corrected chi connectivity index (χ1v) is 8.09. The SMILES string of the molecule is Cc1nc(C#Cc2cnc(NC(C)(C)C)nc2)cs1.O=C(O)C(F)(F)F. The van der Waals surface area contributed by atoms with Crippen molar-refractivity contribution in [2.75, 3.05) is 5.32 Å². The summed E-state index contributed by atoms with van der Waals surface area (Å²) in [5.74, 6) is 3.86. The van der Waals surface area contributed by atoms with E-state index in [4.69, 9.17) is 9.90 Å². The van der Waals surface area contributed by atoms with Gasteiger partial charge in [-0.2, -0.15) is 13.2 Å². The molecule has 10 heteroatoms. The van der Waals surface area contributed by atoms with Crippen LogP contribution >= 0.6 is 11.3 Å². The average molecular weight is 386 g/mol. The standard InChI is InChI=1S/C14H16N4S.C2HF3O2/c1-10-17-12(9-19-10)6-5-11-7-15-13(16-8-11)18-14(2,3)4;3-2(4,5)1(6)7/h7-9H,1-4H3,(H,15,16,18);(H,6,7). The van der Waals surface area contributed by atoms with Gasteiger partial charge in [-0.3, -0.25) is 0 Å². The van der Waals surface area contributed by atoms with E-state index in [1.54, 1.807) is 23.7 Å². The number of anilines is 1. The highest BCUT2D eigenvalue weighted by Crippen LogP contribution is 2.13. The zero-order valence-electron chi connectivity index (χ0n) is 14.5. The van der Waals surface area contributed by atoms with E-state index in [1.165, 1.54) is 0 Å². The number of carboxylic acid groups (broad SMARTS) is 1. The molecule has 140 valence electrons. The maximum atomic E-state index is 10.6. The average Bonchev–Trinajstić information content (AvgIpc) is 2.90. The molecule has 0 saturated heterocycles. The molecule has 0 fully saturated rings. The molecule has 2 aromatic rings. The number of halogens is 3. The van der Waals surface area contributed by atoms with Crippen LogP contribution in [0.2, 0.25) is 0 Å². The summed E-state index contributed by atoms with van der Waals surface area (Å²) in [4.78, 5) is 21.7. The molecule has 0 unspecified atom stereocenters. The summed E-state index contributed by atoms with van der Waals surface area (Å²) in [5, 5.41) is 13.3. The van der Waals surface area contributed by atoms with E-state index in [0.717, 1.165) is 16.3 Å². The van der Waals surface area contributed by atoms with Crippen LogP contribution in [0.5, 0.6) is 0 Å². The first kappa shape index (κ1) is 21.4. The van der Waals surface area contributed by atoms with Gasteiger partial charge >= 0.3 is 12.1 Å². The highest BCUT2D eigenvalue weighted by molar-refractivity contribution is 7.09. The molecule has 2 heterocycles. The first-order valence-electron chi connectivity index (χ1n) is 7.21. The molecule has 0 atom stereocenters. The lowest BCUT2D eigenvalue weighted by Gasteiger charge is -2.19. The minimum Gasteiger partial charge on any atom is -0.475 e. The van der Waals surface area contributed by atoms with Gasteiger partial charge in [0.2, 0.25) is 5.95 Å². The minimum absolute atomic E-state index is 0.0503. The Hall–Kier alpha value is -2.67. The third-order valence-corrected chi connectivity index (χ3v) is 3.11. The topological polar surface area (TPSA) is 88.0 Å². The Balaban J connectivity index is 0.000000412. The van der Waals surface area contributed by atoms with Crippen molar-refractivity contribution in [3.63, 3.8) is 0 Å².